The lowest BCUT2D eigenvalue weighted by atomic mass is 10.2. The number of nitrogens with one attached hydrogen (secondary N) is 1. The highest BCUT2D eigenvalue weighted by molar-refractivity contribution is 5.66. The van der Waals surface area contributed by atoms with Crippen molar-refractivity contribution in [3.05, 3.63) is 29.3 Å². The van der Waals surface area contributed by atoms with Crippen LogP contribution in [-0.4, -0.2) is 17.6 Å². The zero-order chi connectivity index (χ0) is 14.4. The van der Waals surface area contributed by atoms with Gasteiger partial charge in [-0.1, -0.05) is 6.42 Å². The first kappa shape index (κ1) is 15.3. The molecule has 0 saturated carbocycles. The summed E-state index contributed by atoms with van der Waals surface area (Å²) >= 11 is 0. The molecule has 0 heterocycles. The fourth-order valence-corrected chi connectivity index (χ4v) is 1.52. The van der Waals surface area contributed by atoms with Gasteiger partial charge < -0.3 is 10.4 Å². The number of unbranched alkanes of at least 4 members (excludes halogenated alkanes) is 2. The Bertz CT molecular complexity index is 439. The number of carboxylic acid groups (broad SMARTS) is 1. The molecule has 0 aliphatic rings. The third kappa shape index (κ3) is 4.42. The smallest absolute Gasteiger partial charge is 0.303 e. The zero-order valence-electron chi connectivity index (χ0n) is 9.98. The van der Waals surface area contributed by atoms with Gasteiger partial charge in [0.25, 0.3) is 0 Å². The lowest BCUT2D eigenvalue weighted by Crippen LogP contribution is -2.08. The van der Waals surface area contributed by atoms with E-state index in [0.29, 0.717) is 19.3 Å². The summed E-state index contributed by atoms with van der Waals surface area (Å²) in [5, 5.41) is 10.7. The van der Waals surface area contributed by atoms with Crippen LogP contribution in [0.15, 0.2) is 6.07 Å². The lowest BCUT2D eigenvalue weighted by molar-refractivity contribution is -0.137. The third-order valence-corrected chi connectivity index (χ3v) is 2.48. The first-order valence-electron chi connectivity index (χ1n) is 5.72. The summed E-state index contributed by atoms with van der Waals surface area (Å²) < 4.78 is 52.1. The Morgan fingerprint density at radius 1 is 1.05 bits per heavy atom. The maximum absolute atomic E-state index is 13.2. The number of hydrogen-bond acceptors (Lipinski definition) is 2. The van der Waals surface area contributed by atoms with Crippen molar-refractivity contribution in [3.63, 3.8) is 0 Å². The van der Waals surface area contributed by atoms with Gasteiger partial charge in [-0.3, -0.25) is 4.79 Å². The van der Waals surface area contributed by atoms with Gasteiger partial charge >= 0.3 is 5.97 Å². The Morgan fingerprint density at radius 3 is 2.16 bits per heavy atom. The Kier molecular flexibility index (Phi) is 5.59. The van der Waals surface area contributed by atoms with Crippen molar-refractivity contribution in [2.45, 2.75) is 25.7 Å². The van der Waals surface area contributed by atoms with Crippen LogP contribution < -0.4 is 5.32 Å². The molecule has 0 atom stereocenters. The monoisotopic (exact) mass is 279 g/mol. The van der Waals surface area contributed by atoms with Gasteiger partial charge in [0, 0.05) is 19.0 Å². The van der Waals surface area contributed by atoms with Gasteiger partial charge in [0.15, 0.2) is 23.3 Å². The van der Waals surface area contributed by atoms with E-state index in [1.165, 1.54) is 0 Å². The van der Waals surface area contributed by atoms with Crippen LogP contribution in [0.1, 0.15) is 25.7 Å². The molecule has 1 rings (SSSR count). The maximum Gasteiger partial charge on any atom is 0.303 e. The second kappa shape index (κ2) is 6.96. The van der Waals surface area contributed by atoms with E-state index in [1.54, 1.807) is 0 Å². The van der Waals surface area contributed by atoms with Crippen molar-refractivity contribution >= 4 is 11.7 Å². The van der Waals surface area contributed by atoms with E-state index in [-0.39, 0.29) is 19.0 Å². The van der Waals surface area contributed by atoms with Crippen LogP contribution >= 0.6 is 0 Å². The summed E-state index contributed by atoms with van der Waals surface area (Å²) in [6.45, 7) is 0.0936. The van der Waals surface area contributed by atoms with E-state index in [0.717, 1.165) is 0 Å². The van der Waals surface area contributed by atoms with Crippen molar-refractivity contribution in [1.82, 2.24) is 0 Å². The van der Waals surface area contributed by atoms with Gasteiger partial charge in [0.2, 0.25) is 0 Å². The highest BCUT2D eigenvalue weighted by atomic mass is 19.2. The van der Waals surface area contributed by atoms with Crippen molar-refractivity contribution < 1.29 is 27.5 Å². The summed E-state index contributed by atoms with van der Waals surface area (Å²) in [5.41, 5.74) is -0.837. The first-order chi connectivity index (χ1) is 8.93. The molecule has 0 unspecified atom stereocenters. The molecule has 0 aromatic heterocycles. The topological polar surface area (TPSA) is 49.3 Å². The molecule has 3 nitrogen and oxygen atoms in total. The number of halogens is 4. The summed E-state index contributed by atoms with van der Waals surface area (Å²) in [6, 6.07) is 0.142. The van der Waals surface area contributed by atoms with Crippen molar-refractivity contribution in [2.75, 3.05) is 11.9 Å². The number of carbonyl (C=O) groups is 1. The second-order valence-electron chi connectivity index (χ2n) is 3.97. The molecule has 2 N–H and O–H groups in total. The summed E-state index contributed by atoms with van der Waals surface area (Å²) in [4.78, 5) is 10.2. The van der Waals surface area contributed by atoms with Gasteiger partial charge in [0.1, 0.15) is 5.69 Å². The number of hydrogen-bond donors (Lipinski definition) is 2. The molecule has 0 bridgehead atoms. The minimum atomic E-state index is -1.47. The minimum Gasteiger partial charge on any atom is -0.481 e. The fourth-order valence-electron chi connectivity index (χ4n) is 1.52. The van der Waals surface area contributed by atoms with Gasteiger partial charge in [-0.05, 0) is 12.8 Å². The first-order valence-corrected chi connectivity index (χ1v) is 5.72. The lowest BCUT2D eigenvalue weighted by Gasteiger charge is -2.09. The molecule has 19 heavy (non-hydrogen) atoms. The molecule has 0 spiro atoms. The Labute approximate surface area is 107 Å². The fraction of sp³-hybridized carbons (Fsp3) is 0.417. The van der Waals surface area contributed by atoms with Crippen molar-refractivity contribution in [2.24, 2.45) is 0 Å². The number of aliphatic carboxylic acids is 1. The largest absolute Gasteiger partial charge is 0.481 e. The molecule has 0 aliphatic heterocycles. The van der Waals surface area contributed by atoms with Crippen LogP contribution in [0.2, 0.25) is 0 Å². The summed E-state index contributed by atoms with van der Waals surface area (Å²) in [7, 11) is 0. The minimum absolute atomic E-state index is 0.0112. The van der Waals surface area contributed by atoms with Gasteiger partial charge in [0.05, 0.1) is 0 Å². The van der Waals surface area contributed by atoms with Crippen LogP contribution in [0, 0.1) is 23.3 Å². The molecule has 1 aromatic carbocycles. The third-order valence-electron chi connectivity index (χ3n) is 2.48. The number of rotatable bonds is 7. The SMILES string of the molecule is O=C(O)CCCCCNc1c(F)c(F)cc(F)c1F. The molecule has 7 heteroatoms. The predicted molar refractivity (Wildman–Crippen MR) is 60.9 cm³/mol. The normalized spacial score (nSPS) is 10.5. The van der Waals surface area contributed by atoms with Crippen LogP contribution in [0.25, 0.3) is 0 Å². The molecule has 0 saturated heterocycles. The highest BCUT2D eigenvalue weighted by Crippen LogP contribution is 2.24. The molecule has 106 valence electrons. The number of carboxylic acids is 1. The Morgan fingerprint density at radius 2 is 1.63 bits per heavy atom. The van der Waals surface area contributed by atoms with Crippen LogP contribution in [-0.2, 0) is 4.79 Å². The summed E-state index contributed by atoms with van der Waals surface area (Å²) in [5.74, 6) is -6.79. The highest BCUT2D eigenvalue weighted by Gasteiger charge is 2.18. The number of benzene rings is 1. The van der Waals surface area contributed by atoms with E-state index >= 15 is 0 Å². The van der Waals surface area contributed by atoms with E-state index in [1.807, 2.05) is 0 Å². The average molecular weight is 279 g/mol. The summed E-state index contributed by atoms with van der Waals surface area (Å²) in [6.07, 6.45) is 1.40. The molecule has 0 amide bonds. The molecular formula is C12H13F4NO2. The molecular weight excluding hydrogens is 266 g/mol. The van der Waals surface area contributed by atoms with Crippen LogP contribution in [0.3, 0.4) is 0 Å². The van der Waals surface area contributed by atoms with Gasteiger partial charge in [-0.2, -0.15) is 0 Å². The Balaban J connectivity index is 2.47. The van der Waals surface area contributed by atoms with Crippen molar-refractivity contribution in [1.29, 1.82) is 0 Å². The quantitative estimate of drug-likeness (QED) is 0.457. The second-order valence-corrected chi connectivity index (χ2v) is 3.97. The zero-order valence-corrected chi connectivity index (χ0v) is 9.98. The Hall–Kier alpha value is -1.79. The van der Waals surface area contributed by atoms with Crippen LogP contribution in [0.4, 0.5) is 23.2 Å². The van der Waals surface area contributed by atoms with Crippen molar-refractivity contribution in [3.8, 4) is 0 Å². The standard InChI is InChI=1S/C12H13F4NO2/c13-7-6-8(14)11(16)12(10(7)15)17-5-3-1-2-4-9(18)19/h6,17H,1-5H2,(H,18,19). The predicted octanol–water partition coefficient (Wildman–Crippen LogP) is 3.30. The number of anilines is 1. The van der Waals surface area contributed by atoms with E-state index in [9.17, 15) is 22.4 Å². The van der Waals surface area contributed by atoms with E-state index in [2.05, 4.69) is 5.32 Å². The van der Waals surface area contributed by atoms with Gasteiger partial charge in [-0.25, -0.2) is 17.6 Å². The molecule has 0 radical (unpaired) electrons. The maximum atomic E-state index is 13.2. The van der Waals surface area contributed by atoms with Gasteiger partial charge in [-0.15, -0.1) is 0 Å². The van der Waals surface area contributed by atoms with E-state index in [4.69, 9.17) is 5.11 Å². The average Bonchev–Trinajstić information content (AvgIpc) is 2.34. The molecule has 0 fully saturated rings. The van der Waals surface area contributed by atoms with Crippen LogP contribution in [0.5, 0.6) is 0 Å². The molecule has 1 aromatic rings. The molecule has 0 aliphatic carbocycles. The van der Waals surface area contributed by atoms with E-state index < -0.39 is 34.9 Å².